The minimum absolute atomic E-state index is 0.118. The zero-order valence-corrected chi connectivity index (χ0v) is 12.9. The smallest absolute Gasteiger partial charge is 0.274 e. The monoisotopic (exact) mass is 313 g/mol. The van der Waals surface area contributed by atoms with Crippen molar-refractivity contribution in [2.24, 2.45) is 0 Å². The summed E-state index contributed by atoms with van der Waals surface area (Å²) >= 11 is 6.10. The fourth-order valence-corrected chi connectivity index (χ4v) is 2.52. The molecule has 2 N–H and O–H groups in total. The van der Waals surface area contributed by atoms with E-state index in [4.69, 9.17) is 16.3 Å². The molecule has 0 saturated carbocycles. The summed E-state index contributed by atoms with van der Waals surface area (Å²) < 4.78 is 5.53. The van der Waals surface area contributed by atoms with E-state index in [9.17, 15) is 9.90 Å². The third-order valence-electron chi connectivity index (χ3n) is 3.22. The third-order valence-corrected chi connectivity index (χ3v) is 3.53. The number of halogens is 1. The van der Waals surface area contributed by atoms with Gasteiger partial charge in [-0.1, -0.05) is 11.6 Å². The number of aliphatic hydroxyl groups is 1. The maximum atomic E-state index is 12.6. The Kier molecular flexibility index (Phi) is 5.39. The van der Waals surface area contributed by atoms with Gasteiger partial charge in [-0.2, -0.15) is 0 Å². The lowest BCUT2D eigenvalue weighted by molar-refractivity contribution is -0.0859. The van der Waals surface area contributed by atoms with E-state index in [-0.39, 0.29) is 30.4 Å². The van der Waals surface area contributed by atoms with Gasteiger partial charge < -0.3 is 20.1 Å². The highest BCUT2D eigenvalue weighted by atomic mass is 35.5. The molecule has 1 amide bonds. The van der Waals surface area contributed by atoms with Gasteiger partial charge in [0, 0.05) is 19.6 Å². The number of aromatic nitrogens is 1. The Balaban J connectivity index is 2.20. The normalized spacial score (nSPS) is 22.2. The quantitative estimate of drug-likeness (QED) is 0.878. The molecule has 1 fully saturated rings. The number of aliphatic hydroxyl groups excluding tert-OH is 1. The number of hydrogen-bond donors (Lipinski definition) is 2. The van der Waals surface area contributed by atoms with Crippen LogP contribution in [0.2, 0.25) is 5.02 Å². The van der Waals surface area contributed by atoms with Crippen molar-refractivity contribution in [3.05, 3.63) is 22.8 Å². The molecule has 2 rings (SSSR count). The molecule has 0 bridgehead atoms. The SMILES string of the molecule is CCNc1ccc(Cl)c(C(=O)N2CC(C)OC(CO)C2)n1. The van der Waals surface area contributed by atoms with Crippen LogP contribution in [0.25, 0.3) is 0 Å². The number of nitrogens with zero attached hydrogens (tertiary/aromatic N) is 2. The molecule has 1 aliphatic heterocycles. The van der Waals surface area contributed by atoms with E-state index in [1.54, 1.807) is 17.0 Å². The molecule has 21 heavy (non-hydrogen) atoms. The van der Waals surface area contributed by atoms with Crippen LogP contribution in [0.4, 0.5) is 5.82 Å². The Morgan fingerprint density at radius 2 is 2.33 bits per heavy atom. The molecular weight excluding hydrogens is 294 g/mol. The maximum absolute atomic E-state index is 12.6. The second-order valence-corrected chi connectivity index (χ2v) is 5.43. The van der Waals surface area contributed by atoms with Gasteiger partial charge in [-0.05, 0) is 26.0 Å². The van der Waals surface area contributed by atoms with Gasteiger partial charge in [-0.25, -0.2) is 4.98 Å². The fraction of sp³-hybridized carbons (Fsp3) is 0.571. The van der Waals surface area contributed by atoms with Gasteiger partial charge in [0.25, 0.3) is 5.91 Å². The number of hydrogen-bond acceptors (Lipinski definition) is 5. The van der Waals surface area contributed by atoms with Gasteiger partial charge in [0.05, 0.1) is 23.8 Å². The first kappa shape index (κ1) is 16.0. The summed E-state index contributed by atoms with van der Waals surface area (Å²) in [4.78, 5) is 18.5. The van der Waals surface area contributed by atoms with E-state index in [0.717, 1.165) is 0 Å². The molecule has 6 nitrogen and oxygen atoms in total. The number of amides is 1. The molecule has 1 aromatic heterocycles. The van der Waals surface area contributed by atoms with Gasteiger partial charge >= 0.3 is 0 Å². The maximum Gasteiger partial charge on any atom is 0.274 e. The minimum Gasteiger partial charge on any atom is -0.394 e. The molecule has 2 heterocycles. The summed E-state index contributed by atoms with van der Waals surface area (Å²) in [6.07, 6.45) is -0.496. The lowest BCUT2D eigenvalue weighted by Crippen LogP contribution is -2.50. The summed E-state index contributed by atoms with van der Waals surface area (Å²) in [5.41, 5.74) is 0.223. The summed E-state index contributed by atoms with van der Waals surface area (Å²) in [6.45, 7) is 5.21. The van der Waals surface area contributed by atoms with E-state index in [2.05, 4.69) is 10.3 Å². The lowest BCUT2D eigenvalue weighted by Gasteiger charge is -2.36. The van der Waals surface area contributed by atoms with Crippen molar-refractivity contribution in [3.8, 4) is 0 Å². The van der Waals surface area contributed by atoms with Gasteiger partial charge in [0.1, 0.15) is 11.5 Å². The largest absolute Gasteiger partial charge is 0.394 e. The summed E-state index contributed by atoms with van der Waals surface area (Å²) in [5, 5.41) is 12.6. The van der Waals surface area contributed by atoms with E-state index in [0.29, 0.717) is 30.5 Å². The molecule has 0 aromatic carbocycles. The molecule has 1 aliphatic rings. The first-order valence-corrected chi connectivity index (χ1v) is 7.39. The number of rotatable bonds is 4. The molecule has 7 heteroatoms. The van der Waals surface area contributed by atoms with Crippen LogP contribution in [0.5, 0.6) is 0 Å². The van der Waals surface area contributed by atoms with Crippen LogP contribution < -0.4 is 5.32 Å². The Morgan fingerprint density at radius 1 is 1.57 bits per heavy atom. The second-order valence-electron chi connectivity index (χ2n) is 5.02. The summed E-state index contributed by atoms with van der Waals surface area (Å²) in [6, 6.07) is 3.40. The average molecular weight is 314 g/mol. The zero-order chi connectivity index (χ0) is 15.4. The van der Waals surface area contributed by atoms with Crippen LogP contribution in [-0.4, -0.2) is 59.3 Å². The highest BCUT2D eigenvalue weighted by Gasteiger charge is 2.30. The average Bonchev–Trinajstić information content (AvgIpc) is 2.48. The Hall–Kier alpha value is -1.37. The van der Waals surface area contributed by atoms with Crippen LogP contribution in [0.3, 0.4) is 0 Å². The number of pyridine rings is 1. The molecule has 2 unspecified atom stereocenters. The molecular formula is C14H20ClN3O3. The van der Waals surface area contributed by atoms with Crippen LogP contribution in [-0.2, 0) is 4.74 Å². The summed E-state index contributed by atoms with van der Waals surface area (Å²) in [7, 11) is 0. The fourth-order valence-electron chi connectivity index (χ4n) is 2.33. The van der Waals surface area contributed by atoms with E-state index < -0.39 is 0 Å². The van der Waals surface area contributed by atoms with E-state index in [1.165, 1.54) is 0 Å². The van der Waals surface area contributed by atoms with Gasteiger partial charge in [-0.3, -0.25) is 4.79 Å². The van der Waals surface area contributed by atoms with Crippen LogP contribution >= 0.6 is 11.6 Å². The van der Waals surface area contributed by atoms with Crippen molar-refractivity contribution in [1.29, 1.82) is 0 Å². The van der Waals surface area contributed by atoms with Crippen molar-refractivity contribution in [1.82, 2.24) is 9.88 Å². The van der Waals surface area contributed by atoms with Crippen molar-refractivity contribution in [2.45, 2.75) is 26.1 Å². The highest BCUT2D eigenvalue weighted by Crippen LogP contribution is 2.21. The van der Waals surface area contributed by atoms with Crippen molar-refractivity contribution >= 4 is 23.3 Å². The summed E-state index contributed by atoms with van der Waals surface area (Å²) in [5.74, 6) is 0.374. The van der Waals surface area contributed by atoms with Crippen LogP contribution in [0.15, 0.2) is 12.1 Å². The number of carbonyl (C=O) groups is 1. The Bertz CT molecular complexity index is 512. The van der Waals surface area contributed by atoms with Gasteiger partial charge in [0.2, 0.25) is 0 Å². The van der Waals surface area contributed by atoms with Crippen molar-refractivity contribution in [2.75, 3.05) is 31.6 Å². The molecule has 1 aromatic rings. The zero-order valence-electron chi connectivity index (χ0n) is 12.2. The molecule has 2 atom stereocenters. The number of carbonyl (C=O) groups excluding carboxylic acids is 1. The standard InChI is InChI=1S/C14H20ClN3O3/c1-3-16-12-5-4-11(15)13(17-12)14(20)18-6-9(2)21-10(7-18)8-19/h4-5,9-10,19H,3,6-8H2,1-2H3,(H,16,17). The van der Waals surface area contributed by atoms with Crippen LogP contribution in [0, 0.1) is 0 Å². The van der Waals surface area contributed by atoms with Gasteiger partial charge in [-0.15, -0.1) is 0 Å². The predicted molar refractivity (Wildman–Crippen MR) is 80.7 cm³/mol. The molecule has 0 spiro atoms. The third kappa shape index (κ3) is 3.84. The lowest BCUT2D eigenvalue weighted by atomic mass is 10.2. The van der Waals surface area contributed by atoms with E-state index in [1.807, 2.05) is 13.8 Å². The minimum atomic E-state index is -0.367. The number of anilines is 1. The number of morpholine rings is 1. The molecule has 0 radical (unpaired) electrons. The van der Waals surface area contributed by atoms with Crippen LogP contribution in [0.1, 0.15) is 24.3 Å². The molecule has 116 valence electrons. The van der Waals surface area contributed by atoms with E-state index >= 15 is 0 Å². The Morgan fingerprint density at radius 3 is 3.00 bits per heavy atom. The molecule has 1 saturated heterocycles. The number of ether oxygens (including phenoxy) is 1. The first-order valence-electron chi connectivity index (χ1n) is 7.01. The predicted octanol–water partition coefficient (Wildman–Crippen LogP) is 1.39. The van der Waals surface area contributed by atoms with Crippen molar-refractivity contribution in [3.63, 3.8) is 0 Å². The van der Waals surface area contributed by atoms with Crippen molar-refractivity contribution < 1.29 is 14.6 Å². The first-order chi connectivity index (χ1) is 10.0. The topological polar surface area (TPSA) is 74.7 Å². The second kappa shape index (κ2) is 7.06. The highest BCUT2D eigenvalue weighted by molar-refractivity contribution is 6.33. The Labute approximate surface area is 129 Å². The number of nitrogens with one attached hydrogen (secondary N) is 1. The molecule has 0 aliphatic carbocycles. The van der Waals surface area contributed by atoms with Gasteiger partial charge in [0.15, 0.2) is 0 Å².